The fraction of sp³-hybridized carbons (Fsp3) is 0.316. The summed E-state index contributed by atoms with van der Waals surface area (Å²) in [5, 5.41) is 9.19. The first-order chi connectivity index (χ1) is 13.1. The van der Waals surface area contributed by atoms with E-state index in [0.717, 1.165) is 5.56 Å². The lowest BCUT2D eigenvalue weighted by Gasteiger charge is -2.35. The smallest absolute Gasteiger partial charge is 0.387 e. The first kappa shape index (κ1) is 18.6. The summed E-state index contributed by atoms with van der Waals surface area (Å²) in [6.45, 7) is -0.605. The van der Waals surface area contributed by atoms with Crippen LogP contribution >= 0.6 is 0 Å². The number of pyridine rings is 1. The molecule has 1 amide bonds. The van der Waals surface area contributed by atoms with Crippen LogP contribution in [0.25, 0.3) is 0 Å². The highest BCUT2D eigenvalue weighted by Gasteiger charge is 2.23. The zero-order valence-corrected chi connectivity index (χ0v) is 14.5. The molecular formula is C19H18F2N4O2. The van der Waals surface area contributed by atoms with Crippen molar-refractivity contribution in [3.05, 3.63) is 53.7 Å². The molecule has 8 heteroatoms. The summed E-state index contributed by atoms with van der Waals surface area (Å²) in [4.78, 5) is 20.5. The number of benzene rings is 1. The molecule has 1 aliphatic heterocycles. The van der Waals surface area contributed by atoms with Gasteiger partial charge in [0.25, 0.3) is 0 Å². The van der Waals surface area contributed by atoms with E-state index in [9.17, 15) is 18.8 Å². The number of ether oxygens (including phenoxy) is 1. The molecule has 6 nitrogen and oxygen atoms in total. The number of halogens is 2. The molecule has 140 valence electrons. The molecule has 1 aliphatic rings. The third-order valence-electron chi connectivity index (χ3n) is 4.34. The highest BCUT2D eigenvalue weighted by molar-refractivity contribution is 5.79. The van der Waals surface area contributed by atoms with Gasteiger partial charge in [-0.3, -0.25) is 4.79 Å². The number of rotatable bonds is 5. The summed E-state index contributed by atoms with van der Waals surface area (Å²) in [5.74, 6) is 0.680. The number of hydrogen-bond donors (Lipinski definition) is 0. The van der Waals surface area contributed by atoms with Gasteiger partial charge in [0, 0.05) is 32.4 Å². The van der Waals surface area contributed by atoms with Gasteiger partial charge in [0.1, 0.15) is 17.6 Å². The molecule has 0 saturated carbocycles. The van der Waals surface area contributed by atoms with Crippen LogP contribution in [-0.2, 0) is 11.2 Å². The fourth-order valence-electron chi connectivity index (χ4n) is 2.98. The predicted molar refractivity (Wildman–Crippen MR) is 94.5 cm³/mol. The van der Waals surface area contributed by atoms with Gasteiger partial charge >= 0.3 is 6.61 Å². The van der Waals surface area contributed by atoms with Crippen molar-refractivity contribution in [1.82, 2.24) is 9.88 Å². The number of anilines is 1. The van der Waals surface area contributed by atoms with Crippen molar-refractivity contribution in [2.75, 3.05) is 31.1 Å². The molecule has 0 aliphatic carbocycles. The molecule has 0 unspecified atom stereocenters. The Morgan fingerprint density at radius 3 is 2.52 bits per heavy atom. The number of alkyl halides is 2. The summed E-state index contributed by atoms with van der Waals surface area (Å²) < 4.78 is 28.6. The molecule has 1 aromatic heterocycles. The van der Waals surface area contributed by atoms with E-state index in [-0.39, 0.29) is 18.1 Å². The lowest BCUT2D eigenvalue weighted by molar-refractivity contribution is -0.130. The molecule has 1 fully saturated rings. The lowest BCUT2D eigenvalue weighted by atomic mass is 10.1. The van der Waals surface area contributed by atoms with E-state index in [0.29, 0.717) is 37.6 Å². The third-order valence-corrected chi connectivity index (χ3v) is 4.34. The highest BCUT2D eigenvalue weighted by Crippen LogP contribution is 2.19. The van der Waals surface area contributed by atoms with Crippen LogP contribution in [0.1, 0.15) is 11.1 Å². The van der Waals surface area contributed by atoms with E-state index in [1.807, 2.05) is 4.90 Å². The maximum absolute atomic E-state index is 12.5. The fourth-order valence-corrected chi connectivity index (χ4v) is 2.98. The summed E-state index contributed by atoms with van der Waals surface area (Å²) in [7, 11) is 0. The van der Waals surface area contributed by atoms with Crippen molar-refractivity contribution in [2.45, 2.75) is 13.0 Å². The molecule has 27 heavy (non-hydrogen) atoms. The van der Waals surface area contributed by atoms with Gasteiger partial charge in [-0.05, 0) is 29.8 Å². The van der Waals surface area contributed by atoms with E-state index in [1.165, 1.54) is 12.1 Å². The van der Waals surface area contributed by atoms with Crippen molar-refractivity contribution >= 4 is 11.7 Å². The minimum Gasteiger partial charge on any atom is -0.435 e. The maximum atomic E-state index is 12.5. The average Bonchev–Trinajstić information content (AvgIpc) is 2.69. The van der Waals surface area contributed by atoms with E-state index in [1.54, 1.807) is 35.4 Å². The molecule has 0 N–H and O–H groups in total. The second-order valence-corrected chi connectivity index (χ2v) is 6.05. The molecule has 2 aromatic rings. The first-order valence-electron chi connectivity index (χ1n) is 8.48. The second kappa shape index (κ2) is 8.45. The zero-order valence-electron chi connectivity index (χ0n) is 14.5. The molecule has 0 bridgehead atoms. The standard InChI is InChI=1S/C19H18F2N4O2/c20-19(21)27-16-5-3-14(4-6-16)12-17(26)24-8-10-25(11-9-24)18-15(13-22)2-1-7-23-18/h1-7,19H,8-12H2. The highest BCUT2D eigenvalue weighted by atomic mass is 19.3. The average molecular weight is 372 g/mol. The Morgan fingerprint density at radius 2 is 1.89 bits per heavy atom. The number of carbonyl (C=O) groups excluding carboxylic acids is 1. The number of nitriles is 1. The zero-order chi connectivity index (χ0) is 19.2. The molecular weight excluding hydrogens is 354 g/mol. The Bertz CT molecular complexity index is 828. The molecule has 0 radical (unpaired) electrons. The topological polar surface area (TPSA) is 69.5 Å². The molecule has 1 saturated heterocycles. The van der Waals surface area contributed by atoms with Gasteiger partial charge in [-0.1, -0.05) is 12.1 Å². The molecule has 0 atom stereocenters. The van der Waals surface area contributed by atoms with E-state index in [2.05, 4.69) is 15.8 Å². The summed E-state index contributed by atoms with van der Waals surface area (Å²) >= 11 is 0. The van der Waals surface area contributed by atoms with Gasteiger partial charge in [0.2, 0.25) is 5.91 Å². The van der Waals surface area contributed by atoms with Crippen molar-refractivity contribution in [3.8, 4) is 11.8 Å². The van der Waals surface area contributed by atoms with Crippen molar-refractivity contribution in [1.29, 1.82) is 5.26 Å². The number of piperazine rings is 1. The number of aromatic nitrogens is 1. The van der Waals surface area contributed by atoms with Crippen LogP contribution in [-0.4, -0.2) is 48.6 Å². The Kier molecular flexibility index (Phi) is 5.81. The van der Waals surface area contributed by atoms with E-state index < -0.39 is 6.61 Å². The molecule has 2 heterocycles. The second-order valence-electron chi connectivity index (χ2n) is 6.05. The van der Waals surface area contributed by atoms with Crippen molar-refractivity contribution < 1.29 is 18.3 Å². The van der Waals surface area contributed by atoms with Gasteiger partial charge in [-0.2, -0.15) is 14.0 Å². The maximum Gasteiger partial charge on any atom is 0.387 e. The van der Waals surface area contributed by atoms with E-state index in [4.69, 9.17) is 0 Å². The van der Waals surface area contributed by atoms with E-state index >= 15 is 0 Å². The van der Waals surface area contributed by atoms with Crippen molar-refractivity contribution in [3.63, 3.8) is 0 Å². The SMILES string of the molecule is N#Cc1cccnc1N1CCN(C(=O)Cc2ccc(OC(F)F)cc2)CC1. The Morgan fingerprint density at radius 1 is 1.19 bits per heavy atom. The Labute approximate surface area is 155 Å². The van der Waals surface area contributed by atoms with Crippen LogP contribution in [0, 0.1) is 11.3 Å². The van der Waals surface area contributed by atoms with Crippen LogP contribution in [0.15, 0.2) is 42.6 Å². The number of amides is 1. The Hall–Kier alpha value is -3.21. The summed E-state index contributed by atoms with van der Waals surface area (Å²) in [6, 6.07) is 11.7. The lowest BCUT2D eigenvalue weighted by Crippen LogP contribution is -2.49. The van der Waals surface area contributed by atoms with Gasteiger partial charge in [0.05, 0.1) is 12.0 Å². The van der Waals surface area contributed by atoms with Crippen LogP contribution in [0.2, 0.25) is 0 Å². The van der Waals surface area contributed by atoms with Gasteiger partial charge in [-0.25, -0.2) is 4.98 Å². The largest absolute Gasteiger partial charge is 0.435 e. The predicted octanol–water partition coefficient (Wildman–Crippen LogP) is 2.45. The van der Waals surface area contributed by atoms with Gasteiger partial charge < -0.3 is 14.5 Å². The minimum atomic E-state index is -2.87. The van der Waals surface area contributed by atoms with Crippen LogP contribution in [0.4, 0.5) is 14.6 Å². The summed E-state index contributed by atoms with van der Waals surface area (Å²) in [6.07, 6.45) is 1.84. The number of carbonyl (C=O) groups is 1. The van der Waals surface area contributed by atoms with Crippen LogP contribution in [0.3, 0.4) is 0 Å². The molecule has 1 aromatic carbocycles. The first-order valence-corrected chi connectivity index (χ1v) is 8.48. The number of nitrogens with zero attached hydrogens (tertiary/aromatic N) is 4. The van der Waals surface area contributed by atoms with Crippen LogP contribution < -0.4 is 9.64 Å². The molecule has 0 spiro atoms. The van der Waals surface area contributed by atoms with Gasteiger partial charge in [-0.15, -0.1) is 0 Å². The van der Waals surface area contributed by atoms with Crippen molar-refractivity contribution in [2.24, 2.45) is 0 Å². The summed E-state index contributed by atoms with van der Waals surface area (Å²) in [5.41, 5.74) is 1.25. The van der Waals surface area contributed by atoms with Gasteiger partial charge in [0.15, 0.2) is 0 Å². The monoisotopic (exact) mass is 372 g/mol. The quantitative estimate of drug-likeness (QED) is 0.806. The van der Waals surface area contributed by atoms with Crippen LogP contribution in [0.5, 0.6) is 5.75 Å². The normalized spacial score (nSPS) is 14.1. The Balaban J connectivity index is 1.55. The third kappa shape index (κ3) is 4.70. The number of hydrogen-bond acceptors (Lipinski definition) is 5. The minimum absolute atomic E-state index is 0.0290. The molecule has 3 rings (SSSR count).